The molecule has 0 fully saturated rings. The summed E-state index contributed by atoms with van der Waals surface area (Å²) in [6.07, 6.45) is 0. The molecule has 3 rings (SSSR count). The van der Waals surface area contributed by atoms with E-state index in [1.165, 1.54) is 0 Å². The Bertz CT molecular complexity index is 752. The molecule has 1 aromatic heterocycles. The predicted molar refractivity (Wildman–Crippen MR) is 79.7 cm³/mol. The van der Waals surface area contributed by atoms with Crippen LogP contribution in [-0.4, -0.2) is 10.1 Å². The van der Waals surface area contributed by atoms with Crippen molar-refractivity contribution in [1.29, 1.82) is 0 Å². The second-order valence-corrected chi connectivity index (χ2v) is 4.52. The van der Waals surface area contributed by atoms with Gasteiger partial charge in [-0.3, -0.25) is 0 Å². The molecule has 0 saturated heterocycles. The number of nitrogens with one attached hydrogen (secondary N) is 1. The number of rotatable bonds is 1. The molecule has 2 aromatic carbocycles. The standard InChI is InChI=1S/C14H11N3S/c15-14(18)16-11-5-6-13-10(8-11)7-9-3-1-2-4-12(9)17-13/h1-8H,(H3,15,16,18). The van der Waals surface area contributed by atoms with Crippen LogP contribution in [0.3, 0.4) is 0 Å². The second-order valence-electron chi connectivity index (χ2n) is 4.08. The van der Waals surface area contributed by atoms with Gasteiger partial charge in [0.1, 0.15) is 0 Å². The van der Waals surface area contributed by atoms with Crippen molar-refractivity contribution in [2.75, 3.05) is 5.32 Å². The minimum Gasteiger partial charge on any atom is -0.376 e. The van der Waals surface area contributed by atoms with Gasteiger partial charge in [0.25, 0.3) is 0 Å². The molecule has 4 heteroatoms. The molecule has 0 aliphatic rings. The number of nitrogens with two attached hydrogens (primary N) is 1. The van der Waals surface area contributed by atoms with E-state index >= 15 is 0 Å². The number of thiocarbonyl (C=S) groups is 1. The Morgan fingerprint density at radius 1 is 1.00 bits per heavy atom. The number of aromatic nitrogens is 1. The van der Waals surface area contributed by atoms with Crippen LogP contribution in [0.1, 0.15) is 0 Å². The number of anilines is 1. The van der Waals surface area contributed by atoms with Crippen molar-refractivity contribution >= 4 is 44.8 Å². The summed E-state index contributed by atoms with van der Waals surface area (Å²) in [4.78, 5) is 4.61. The number of fused-ring (bicyclic) bond motifs is 2. The van der Waals surface area contributed by atoms with Crippen molar-refractivity contribution in [3.8, 4) is 0 Å². The first kappa shape index (κ1) is 10.9. The first-order valence-corrected chi connectivity index (χ1v) is 5.99. The lowest BCUT2D eigenvalue weighted by Gasteiger charge is -2.06. The van der Waals surface area contributed by atoms with E-state index in [9.17, 15) is 0 Å². The molecule has 0 unspecified atom stereocenters. The third kappa shape index (κ3) is 1.98. The van der Waals surface area contributed by atoms with Gasteiger partial charge in [-0.1, -0.05) is 18.2 Å². The van der Waals surface area contributed by atoms with Crippen molar-refractivity contribution in [3.63, 3.8) is 0 Å². The van der Waals surface area contributed by atoms with Gasteiger partial charge in [0.05, 0.1) is 11.0 Å². The molecule has 88 valence electrons. The van der Waals surface area contributed by atoms with Crippen LogP contribution in [0.25, 0.3) is 21.8 Å². The van der Waals surface area contributed by atoms with Gasteiger partial charge in [-0.2, -0.15) is 0 Å². The zero-order valence-corrected chi connectivity index (χ0v) is 10.4. The Labute approximate surface area is 110 Å². The maximum Gasteiger partial charge on any atom is 0.168 e. The van der Waals surface area contributed by atoms with Crippen LogP contribution in [0.15, 0.2) is 48.5 Å². The van der Waals surface area contributed by atoms with E-state index in [0.29, 0.717) is 0 Å². The zero-order valence-electron chi connectivity index (χ0n) is 9.55. The third-order valence-corrected chi connectivity index (χ3v) is 2.89. The molecule has 0 aliphatic heterocycles. The smallest absolute Gasteiger partial charge is 0.168 e. The molecule has 0 aliphatic carbocycles. The number of hydrogen-bond donors (Lipinski definition) is 2. The van der Waals surface area contributed by atoms with Gasteiger partial charge in [-0.15, -0.1) is 0 Å². The Balaban J connectivity index is 2.20. The maximum absolute atomic E-state index is 5.46. The maximum atomic E-state index is 5.46. The summed E-state index contributed by atoms with van der Waals surface area (Å²) in [5.74, 6) is 0. The fourth-order valence-corrected chi connectivity index (χ4v) is 2.12. The molecule has 18 heavy (non-hydrogen) atoms. The molecule has 0 bridgehead atoms. The van der Waals surface area contributed by atoms with Crippen molar-refractivity contribution in [2.24, 2.45) is 5.73 Å². The molecular weight excluding hydrogens is 242 g/mol. The van der Waals surface area contributed by atoms with Crippen LogP contribution in [0.5, 0.6) is 0 Å². The van der Waals surface area contributed by atoms with Crippen LogP contribution in [0.2, 0.25) is 0 Å². The minimum absolute atomic E-state index is 0.267. The molecule has 0 amide bonds. The lowest BCUT2D eigenvalue weighted by Crippen LogP contribution is -2.18. The zero-order chi connectivity index (χ0) is 12.5. The molecule has 3 N–H and O–H groups in total. The topological polar surface area (TPSA) is 50.9 Å². The Morgan fingerprint density at radius 3 is 2.61 bits per heavy atom. The number of pyridine rings is 1. The average molecular weight is 253 g/mol. The summed E-state index contributed by atoms with van der Waals surface area (Å²) in [5.41, 5.74) is 8.31. The van der Waals surface area contributed by atoms with Gasteiger partial charge >= 0.3 is 0 Å². The van der Waals surface area contributed by atoms with Crippen molar-refractivity contribution in [3.05, 3.63) is 48.5 Å². The summed E-state index contributed by atoms with van der Waals surface area (Å²) in [7, 11) is 0. The van der Waals surface area contributed by atoms with E-state index in [0.717, 1.165) is 27.5 Å². The van der Waals surface area contributed by atoms with E-state index in [4.69, 9.17) is 18.0 Å². The van der Waals surface area contributed by atoms with E-state index < -0.39 is 0 Å². The summed E-state index contributed by atoms with van der Waals surface area (Å²) in [6, 6.07) is 16.0. The largest absolute Gasteiger partial charge is 0.376 e. The third-order valence-electron chi connectivity index (χ3n) is 2.78. The molecule has 0 radical (unpaired) electrons. The molecule has 1 heterocycles. The number of nitrogens with zero attached hydrogens (tertiary/aromatic N) is 1. The van der Waals surface area contributed by atoms with Crippen LogP contribution < -0.4 is 11.1 Å². The molecule has 0 spiro atoms. The quantitative estimate of drug-likeness (QED) is 0.517. The highest BCUT2D eigenvalue weighted by atomic mass is 32.1. The normalized spacial score (nSPS) is 10.7. The number of benzene rings is 2. The monoisotopic (exact) mass is 253 g/mol. The molecule has 3 nitrogen and oxygen atoms in total. The van der Waals surface area contributed by atoms with Crippen LogP contribution in [0.4, 0.5) is 5.69 Å². The van der Waals surface area contributed by atoms with E-state index in [2.05, 4.69) is 22.4 Å². The molecule has 0 saturated carbocycles. The first-order valence-electron chi connectivity index (χ1n) is 5.58. The molecular formula is C14H11N3S. The Hall–Kier alpha value is -2.20. The highest BCUT2D eigenvalue weighted by Gasteiger charge is 2.01. The van der Waals surface area contributed by atoms with Crippen molar-refractivity contribution in [2.45, 2.75) is 0 Å². The highest BCUT2D eigenvalue weighted by Crippen LogP contribution is 2.22. The van der Waals surface area contributed by atoms with Gasteiger partial charge < -0.3 is 11.1 Å². The van der Waals surface area contributed by atoms with E-state index in [-0.39, 0.29) is 5.11 Å². The molecule has 3 aromatic rings. The first-order chi connectivity index (χ1) is 8.72. The number of hydrogen-bond acceptors (Lipinski definition) is 2. The summed E-state index contributed by atoms with van der Waals surface area (Å²) in [5, 5.41) is 5.38. The van der Waals surface area contributed by atoms with Crippen molar-refractivity contribution < 1.29 is 0 Å². The van der Waals surface area contributed by atoms with Gasteiger partial charge in [-0.05, 0) is 42.5 Å². The second kappa shape index (κ2) is 4.23. The van der Waals surface area contributed by atoms with Crippen LogP contribution in [-0.2, 0) is 0 Å². The Kier molecular flexibility index (Phi) is 2.57. The number of para-hydroxylation sites is 1. The van der Waals surface area contributed by atoms with Crippen LogP contribution in [0, 0.1) is 0 Å². The fraction of sp³-hybridized carbons (Fsp3) is 0. The Morgan fingerprint density at radius 2 is 1.78 bits per heavy atom. The predicted octanol–water partition coefficient (Wildman–Crippen LogP) is 3.04. The fourth-order valence-electron chi connectivity index (χ4n) is 2.00. The summed E-state index contributed by atoms with van der Waals surface area (Å²) >= 11 is 4.83. The molecule has 0 atom stereocenters. The lowest BCUT2D eigenvalue weighted by atomic mass is 10.1. The van der Waals surface area contributed by atoms with E-state index in [1.807, 2.05) is 36.4 Å². The summed E-state index contributed by atoms with van der Waals surface area (Å²) < 4.78 is 0. The summed E-state index contributed by atoms with van der Waals surface area (Å²) in [6.45, 7) is 0. The average Bonchev–Trinajstić information content (AvgIpc) is 2.35. The SMILES string of the molecule is NC(=S)Nc1ccc2nc3ccccc3cc2c1. The highest BCUT2D eigenvalue weighted by molar-refractivity contribution is 7.80. The van der Waals surface area contributed by atoms with Gasteiger partial charge in [0, 0.05) is 16.5 Å². The lowest BCUT2D eigenvalue weighted by molar-refractivity contribution is 1.49. The van der Waals surface area contributed by atoms with Gasteiger partial charge in [0.15, 0.2) is 5.11 Å². The van der Waals surface area contributed by atoms with Crippen molar-refractivity contribution in [1.82, 2.24) is 4.98 Å². The van der Waals surface area contributed by atoms with E-state index in [1.54, 1.807) is 0 Å². The van der Waals surface area contributed by atoms with Gasteiger partial charge in [0.2, 0.25) is 0 Å². The van der Waals surface area contributed by atoms with Gasteiger partial charge in [-0.25, -0.2) is 4.98 Å². The minimum atomic E-state index is 0.267. The van der Waals surface area contributed by atoms with Crippen LogP contribution >= 0.6 is 12.2 Å².